The van der Waals surface area contributed by atoms with Crippen LogP contribution in [0.25, 0.3) is 6.08 Å². The van der Waals surface area contributed by atoms with Gasteiger partial charge in [0.15, 0.2) is 0 Å². The molecule has 2 rings (SSSR count). The minimum absolute atomic E-state index is 0.162. The van der Waals surface area contributed by atoms with Gasteiger partial charge in [0.05, 0.1) is 7.11 Å². The van der Waals surface area contributed by atoms with E-state index >= 15 is 0 Å². The van der Waals surface area contributed by atoms with Crippen molar-refractivity contribution in [3.8, 4) is 5.75 Å². The summed E-state index contributed by atoms with van der Waals surface area (Å²) in [5.41, 5.74) is 1.75. The number of aromatic nitrogens is 3. The predicted octanol–water partition coefficient (Wildman–Crippen LogP) is 2.90. The average molecular weight is 319 g/mol. The van der Waals surface area contributed by atoms with Crippen LogP contribution in [0.15, 0.2) is 28.3 Å². The maximum Gasteiger partial charge on any atom is 0.342 e. The standard InChI is InChI=1S/C15H17N3O3S/c1-4-13-16-15(18-17-13)22-12(14(19)20)8-10-5-6-11(21-3)7-9(10)2/h5-8H,4H2,1-3H3,(H,19,20)(H,16,17,18)/b12-8-. The Balaban J connectivity index is 2.29. The normalized spacial score (nSPS) is 11.5. The molecule has 1 aromatic heterocycles. The molecule has 0 radical (unpaired) electrons. The first-order valence-corrected chi connectivity index (χ1v) is 7.54. The van der Waals surface area contributed by atoms with Crippen molar-refractivity contribution in [2.45, 2.75) is 25.4 Å². The van der Waals surface area contributed by atoms with Gasteiger partial charge in [-0.2, -0.15) is 0 Å². The highest BCUT2D eigenvalue weighted by molar-refractivity contribution is 8.04. The number of thioether (sulfide) groups is 1. The van der Waals surface area contributed by atoms with Crippen LogP contribution in [-0.2, 0) is 11.2 Å². The minimum Gasteiger partial charge on any atom is -0.497 e. The number of nitrogens with one attached hydrogen (secondary N) is 1. The summed E-state index contributed by atoms with van der Waals surface area (Å²) in [4.78, 5) is 15.8. The number of carbonyl (C=O) groups is 1. The zero-order chi connectivity index (χ0) is 16.1. The van der Waals surface area contributed by atoms with Crippen LogP contribution in [0.3, 0.4) is 0 Å². The van der Waals surface area contributed by atoms with E-state index in [4.69, 9.17) is 4.74 Å². The molecule has 0 amide bonds. The van der Waals surface area contributed by atoms with Crippen LogP contribution >= 0.6 is 11.8 Å². The smallest absolute Gasteiger partial charge is 0.342 e. The quantitative estimate of drug-likeness (QED) is 0.629. The molecule has 0 unspecified atom stereocenters. The van der Waals surface area contributed by atoms with Gasteiger partial charge in [0.1, 0.15) is 16.5 Å². The average Bonchev–Trinajstić information content (AvgIpc) is 2.95. The van der Waals surface area contributed by atoms with E-state index in [1.165, 1.54) is 0 Å². The number of carboxylic acid groups (broad SMARTS) is 1. The van der Waals surface area contributed by atoms with E-state index in [9.17, 15) is 9.90 Å². The van der Waals surface area contributed by atoms with Gasteiger partial charge in [0, 0.05) is 6.42 Å². The van der Waals surface area contributed by atoms with Gasteiger partial charge < -0.3 is 9.84 Å². The van der Waals surface area contributed by atoms with Crippen LogP contribution in [0.5, 0.6) is 5.75 Å². The summed E-state index contributed by atoms with van der Waals surface area (Å²) in [7, 11) is 1.59. The van der Waals surface area contributed by atoms with Gasteiger partial charge in [-0.1, -0.05) is 13.0 Å². The second-order valence-electron chi connectivity index (χ2n) is 4.56. The Morgan fingerprint density at radius 1 is 1.50 bits per heavy atom. The first kappa shape index (κ1) is 16.1. The van der Waals surface area contributed by atoms with Crippen molar-refractivity contribution in [2.75, 3.05) is 7.11 Å². The van der Waals surface area contributed by atoms with Crippen molar-refractivity contribution in [1.29, 1.82) is 0 Å². The number of carboxylic acids is 1. The molecule has 0 saturated carbocycles. The molecule has 0 aliphatic rings. The summed E-state index contributed by atoms with van der Waals surface area (Å²) < 4.78 is 5.15. The lowest BCUT2D eigenvalue weighted by atomic mass is 10.1. The van der Waals surface area contributed by atoms with Gasteiger partial charge in [0.2, 0.25) is 5.16 Å². The fraction of sp³-hybridized carbons (Fsp3) is 0.267. The maximum atomic E-state index is 11.4. The molecule has 0 bridgehead atoms. The number of hydrogen-bond donors (Lipinski definition) is 2. The third kappa shape index (κ3) is 3.88. The van der Waals surface area contributed by atoms with Gasteiger partial charge >= 0.3 is 5.97 Å². The summed E-state index contributed by atoms with van der Waals surface area (Å²) in [6.45, 7) is 3.85. The van der Waals surface area contributed by atoms with Crippen LogP contribution in [-0.4, -0.2) is 33.4 Å². The van der Waals surface area contributed by atoms with E-state index in [1.807, 2.05) is 26.0 Å². The van der Waals surface area contributed by atoms with Crippen molar-refractivity contribution >= 4 is 23.8 Å². The van der Waals surface area contributed by atoms with Crippen LogP contribution in [0.1, 0.15) is 23.9 Å². The number of nitrogens with zero attached hydrogens (tertiary/aromatic N) is 2. The van der Waals surface area contributed by atoms with Crippen LogP contribution in [0.2, 0.25) is 0 Å². The summed E-state index contributed by atoms with van der Waals surface area (Å²) in [5.74, 6) is 0.455. The van der Waals surface area contributed by atoms with E-state index < -0.39 is 5.97 Å². The number of ether oxygens (including phenoxy) is 1. The van der Waals surface area contributed by atoms with Crippen LogP contribution < -0.4 is 4.74 Å². The third-order valence-corrected chi connectivity index (χ3v) is 3.90. The molecule has 0 aliphatic carbocycles. The lowest BCUT2D eigenvalue weighted by molar-refractivity contribution is -0.131. The Kier molecular flexibility index (Phi) is 5.21. The Morgan fingerprint density at radius 3 is 2.82 bits per heavy atom. The number of aliphatic carboxylic acids is 1. The second kappa shape index (κ2) is 7.13. The molecular formula is C15H17N3O3S. The van der Waals surface area contributed by atoms with Crippen molar-refractivity contribution in [1.82, 2.24) is 15.2 Å². The van der Waals surface area contributed by atoms with Crippen LogP contribution in [0.4, 0.5) is 0 Å². The first-order chi connectivity index (χ1) is 10.5. The highest BCUT2D eigenvalue weighted by atomic mass is 32.2. The van der Waals surface area contributed by atoms with Gasteiger partial charge in [0.25, 0.3) is 0 Å². The molecule has 6 nitrogen and oxygen atoms in total. The summed E-state index contributed by atoms with van der Waals surface area (Å²) >= 11 is 1.02. The number of H-pyrrole nitrogens is 1. The molecule has 1 heterocycles. The topological polar surface area (TPSA) is 88.1 Å². The molecule has 0 spiro atoms. The van der Waals surface area contributed by atoms with Gasteiger partial charge in [-0.05, 0) is 48.0 Å². The number of rotatable bonds is 6. The second-order valence-corrected chi connectivity index (χ2v) is 5.57. The maximum absolute atomic E-state index is 11.4. The van der Waals surface area contributed by atoms with Crippen molar-refractivity contribution in [3.05, 3.63) is 40.1 Å². The molecule has 7 heteroatoms. The number of aryl methyl sites for hydroxylation is 2. The summed E-state index contributed by atoms with van der Waals surface area (Å²) in [5, 5.41) is 16.5. The molecule has 2 aromatic rings. The fourth-order valence-electron chi connectivity index (χ4n) is 1.79. The molecule has 1 aromatic carbocycles. The Morgan fingerprint density at radius 2 is 2.27 bits per heavy atom. The molecule has 0 saturated heterocycles. The highest BCUT2D eigenvalue weighted by Crippen LogP contribution is 2.27. The van der Waals surface area contributed by atoms with Crippen molar-refractivity contribution in [2.24, 2.45) is 0 Å². The van der Waals surface area contributed by atoms with Gasteiger partial charge in [-0.3, -0.25) is 5.10 Å². The molecule has 116 valence electrons. The van der Waals surface area contributed by atoms with E-state index in [2.05, 4.69) is 15.2 Å². The highest BCUT2D eigenvalue weighted by Gasteiger charge is 2.14. The van der Waals surface area contributed by atoms with E-state index in [-0.39, 0.29) is 4.91 Å². The van der Waals surface area contributed by atoms with E-state index in [0.29, 0.717) is 5.16 Å². The molecule has 22 heavy (non-hydrogen) atoms. The predicted molar refractivity (Wildman–Crippen MR) is 85.0 cm³/mol. The number of hydrogen-bond acceptors (Lipinski definition) is 5. The SMILES string of the molecule is CCc1nc(S/C(=C\c2ccc(OC)cc2C)C(=O)O)n[nH]1. The summed E-state index contributed by atoms with van der Waals surface area (Å²) in [6, 6.07) is 5.48. The van der Waals surface area contributed by atoms with E-state index in [0.717, 1.165) is 40.9 Å². The first-order valence-electron chi connectivity index (χ1n) is 6.72. The van der Waals surface area contributed by atoms with Crippen LogP contribution in [0, 0.1) is 6.92 Å². The number of benzene rings is 1. The largest absolute Gasteiger partial charge is 0.497 e. The molecule has 0 atom stereocenters. The summed E-state index contributed by atoms with van der Waals surface area (Å²) in [6.07, 6.45) is 2.33. The van der Waals surface area contributed by atoms with E-state index in [1.54, 1.807) is 19.3 Å². The Bertz CT molecular complexity index is 710. The fourth-order valence-corrected chi connectivity index (χ4v) is 2.51. The Hall–Kier alpha value is -2.28. The number of aromatic amines is 1. The van der Waals surface area contributed by atoms with Crippen molar-refractivity contribution in [3.63, 3.8) is 0 Å². The lowest BCUT2D eigenvalue weighted by Crippen LogP contribution is -1.98. The lowest BCUT2D eigenvalue weighted by Gasteiger charge is -2.05. The van der Waals surface area contributed by atoms with Gasteiger partial charge in [-0.15, -0.1) is 5.10 Å². The Labute approximate surface area is 132 Å². The zero-order valence-corrected chi connectivity index (χ0v) is 13.4. The number of methoxy groups -OCH3 is 1. The monoisotopic (exact) mass is 319 g/mol. The molecular weight excluding hydrogens is 302 g/mol. The molecule has 0 fully saturated rings. The zero-order valence-electron chi connectivity index (χ0n) is 12.6. The molecule has 0 aliphatic heterocycles. The van der Waals surface area contributed by atoms with Gasteiger partial charge in [-0.25, -0.2) is 9.78 Å². The minimum atomic E-state index is -1.01. The third-order valence-electron chi connectivity index (χ3n) is 3.02. The molecule has 2 N–H and O–H groups in total. The van der Waals surface area contributed by atoms with Crippen molar-refractivity contribution < 1.29 is 14.6 Å².